The van der Waals surface area contributed by atoms with Crippen LogP contribution in [0, 0.1) is 5.92 Å². The van der Waals surface area contributed by atoms with Gasteiger partial charge in [-0.25, -0.2) is 17.6 Å². The molecule has 0 radical (unpaired) electrons. The third-order valence-corrected chi connectivity index (χ3v) is 6.34. The number of carbonyl (C=O) groups is 1. The molecular formula is C27H38F16O10. The lowest BCUT2D eigenvalue weighted by atomic mass is 10.1. The molecule has 0 aliphatic rings. The maximum Gasteiger partial charge on any atom is 0.380 e. The smallest absolute Gasteiger partial charge is 0.380 e. The average molecular weight is 827 g/mol. The van der Waals surface area contributed by atoms with Crippen molar-refractivity contribution >= 4 is 5.97 Å². The van der Waals surface area contributed by atoms with E-state index in [-0.39, 0.29) is 52.9 Å². The van der Waals surface area contributed by atoms with Crippen LogP contribution in [0.4, 0.5) is 70.2 Å². The van der Waals surface area contributed by atoms with Crippen molar-refractivity contribution in [2.24, 2.45) is 5.92 Å². The number of methoxy groups -OCH3 is 2. The Morgan fingerprint density at radius 2 is 0.792 bits per heavy atom. The molecule has 0 atom stereocenters. The molecule has 0 N–H and O–H groups in total. The molecular weight excluding hydrogens is 788 g/mol. The van der Waals surface area contributed by atoms with Crippen LogP contribution >= 0.6 is 0 Å². The van der Waals surface area contributed by atoms with Crippen LogP contribution in [-0.2, 0) is 47.4 Å². The van der Waals surface area contributed by atoms with Crippen molar-refractivity contribution in [3.63, 3.8) is 0 Å². The lowest BCUT2D eigenvalue weighted by Crippen LogP contribution is -2.59. The highest BCUT2D eigenvalue weighted by molar-refractivity contribution is 5.73. The van der Waals surface area contributed by atoms with Crippen LogP contribution in [0.1, 0.15) is 0 Å². The van der Waals surface area contributed by atoms with Gasteiger partial charge in [-0.1, -0.05) is 0 Å². The predicted molar refractivity (Wildman–Crippen MR) is 144 cm³/mol. The van der Waals surface area contributed by atoms with Gasteiger partial charge in [-0.2, -0.15) is 52.7 Å². The molecule has 53 heavy (non-hydrogen) atoms. The normalized spacial score (nSPS) is 14.0. The quantitative estimate of drug-likeness (QED) is 0.0509. The van der Waals surface area contributed by atoms with Crippen molar-refractivity contribution in [3.05, 3.63) is 0 Å². The third kappa shape index (κ3) is 15.6. The van der Waals surface area contributed by atoms with E-state index in [0.29, 0.717) is 0 Å². The molecule has 0 aliphatic carbocycles. The zero-order valence-corrected chi connectivity index (χ0v) is 27.8. The van der Waals surface area contributed by atoms with E-state index in [0.717, 1.165) is 0 Å². The summed E-state index contributed by atoms with van der Waals surface area (Å²) in [6.45, 7) is -10.3. The van der Waals surface area contributed by atoms with Crippen molar-refractivity contribution in [1.29, 1.82) is 0 Å². The molecule has 0 heterocycles. The Kier molecular flexibility index (Phi) is 22.3. The van der Waals surface area contributed by atoms with Gasteiger partial charge in [0.25, 0.3) is 0 Å². The SMILES string of the molecule is COCCOCCOCC(COCCOCCOC)C(=O)OC(COCC(F)(F)C(F)(F)C(F)(F)C(F)F)COCC(F)(F)C(F)(F)C(F)(F)C(F)F. The summed E-state index contributed by atoms with van der Waals surface area (Å²) in [6, 6.07) is 0. The molecule has 0 fully saturated rings. The highest BCUT2D eigenvalue weighted by atomic mass is 19.4. The van der Waals surface area contributed by atoms with Gasteiger partial charge in [0.1, 0.15) is 25.2 Å². The van der Waals surface area contributed by atoms with E-state index in [1.165, 1.54) is 14.2 Å². The molecule has 0 aliphatic heterocycles. The monoisotopic (exact) mass is 826 g/mol. The Labute approximate surface area is 291 Å². The Balaban J connectivity index is 5.98. The van der Waals surface area contributed by atoms with Crippen molar-refractivity contribution in [3.8, 4) is 0 Å². The van der Waals surface area contributed by atoms with Gasteiger partial charge in [0.2, 0.25) is 0 Å². The van der Waals surface area contributed by atoms with Gasteiger partial charge in [0, 0.05) is 14.2 Å². The number of alkyl halides is 16. The summed E-state index contributed by atoms with van der Waals surface area (Å²) in [6.07, 6.45) is -13.1. The number of ether oxygens (including phenoxy) is 9. The van der Waals surface area contributed by atoms with E-state index in [1.807, 2.05) is 0 Å². The Hall–Kier alpha value is -1.97. The average Bonchev–Trinajstić information content (AvgIpc) is 3.05. The van der Waals surface area contributed by atoms with E-state index in [2.05, 4.69) is 9.47 Å². The fourth-order valence-corrected chi connectivity index (χ4v) is 3.32. The molecule has 0 aromatic carbocycles. The Morgan fingerprint density at radius 3 is 1.11 bits per heavy atom. The molecule has 0 saturated heterocycles. The Bertz CT molecular complexity index is 943. The third-order valence-electron chi connectivity index (χ3n) is 6.34. The van der Waals surface area contributed by atoms with Gasteiger partial charge in [0.15, 0.2) is 0 Å². The summed E-state index contributed by atoms with van der Waals surface area (Å²) >= 11 is 0. The molecule has 0 rings (SSSR count). The van der Waals surface area contributed by atoms with Crippen LogP contribution in [-0.4, -0.2) is 167 Å². The molecule has 0 aromatic rings. The maximum absolute atomic E-state index is 13.9. The molecule has 0 amide bonds. The minimum atomic E-state index is -6.78. The van der Waals surface area contributed by atoms with Crippen LogP contribution in [0.3, 0.4) is 0 Å². The van der Waals surface area contributed by atoms with Gasteiger partial charge >= 0.3 is 54.4 Å². The van der Waals surface area contributed by atoms with Gasteiger partial charge in [-0.15, -0.1) is 0 Å². The fraction of sp³-hybridized carbons (Fsp3) is 0.963. The van der Waals surface area contributed by atoms with Crippen molar-refractivity contribution < 1.29 is 118 Å². The lowest BCUT2D eigenvalue weighted by Gasteiger charge is -2.33. The summed E-state index contributed by atoms with van der Waals surface area (Å²) in [5, 5.41) is 0. The van der Waals surface area contributed by atoms with Crippen molar-refractivity contribution in [2.75, 3.05) is 107 Å². The first kappa shape index (κ1) is 51.0. The number of halogens is 16. The molecule has 318 valence electrons. The summed E-state index contributed by atoms with van der Waals surface area (Å²) in [4.78, 5) is 12.9. The zero-order chi connectivity index (χ0) is 41.2. The standard InChI is InChI=1S/C27H38F16O10/c1-45-3-5-47-7-9-49-11-17(12-50-10-8-48-6-4-46-2)19(44)53-18(13-51-15-22(32,33)26(40,41)24(36,37)20(28)29)14-52-16-23(34,35)27(42,43)25(38,39)21(30)31/h17-18,20-21H,3-16H2,1-2H3. The number of carbonyl (C=O) groups excluding carboxylic acids is 1. The Morgan fingerprint density at radius 1 is 0.472 bits per heavy atom. The van der Waals surface area contributed by atoms with E-state index >= 15 is 0 Å². The number of rotatable bonds is 32. The predicted octanol–water partition coefficient (Wildman–Crippen LogP) is 5.25. The molecule has 0 saturated carbocycles. The van der Waals surface area contributed by atoms with Gasteiger partial charge in [-0.3, -0.25) is 4.79 Å². The summed E-state index contributed by atoms with van der Waals surface area (Å²) in [5.41, 5.74) is 0. The summed E-state index contributed by atoms with van der Waals surface area (Å²) in [5.74, 6) is -42.1. The van der Waals surface area contributed by atoms with Crippen LogP contribution in [0.25, 0.3) is 0 Å². The lowest BCUT2D eigenvalue weighted by molar-refractivity contribution is -0.348. The number of esters is 1. The van der Waals surface area contributed by atoms with E-state index in [4.69, 9.17) is 33.2 Å². The molecule has 0 aromatic heterocycles. The minimum Gasteiger partial charge on any atom is -0.457 e. The summed E-state index contributed by atoms with van der Waals surface area (Å²) in [7, 11) is 2.75. The van der Waals surface area contributed by atoms with Crippen LogP contribution in [0.5, 0.6) is 0 Å². The fourth-order valence-electron chi connectivity index (χ4n) is 3.32. The molecule has 0 bridgehead atoms. The molecule has 26 heteroatoms. The molecule has 0 unspecified atom stereocenters. The first-order valence-corrected chi connectivity index (χ1v) is 14.8. The molecule has 10 nitrogen and oxygen atoms in total. The summed E-state index contributed by atoms with van der Waals surface area (Å²) < 4.78 is 256. The second-order valence-corrected chi connectivity index (χ2v) is 10.6. The number of hydrogen-bond donors (Lipinski definition) is 0. The van der Waals surface area contributed by atoms with E-state index in [9.17, 15) is 75.0 Å². The second-order valence-electron chi connectivity index (χ2n) is 10.6. The van der Waals surface area contributed by atoms with Crippen molar-refractivity contribution in [1.82, 2.24) is 0 Å². The largest absolute Gasteiger partial charge is 0.457 e. The zero-order valence-electron chi connectivity index (χ0n) is 27.8. The maximum atomic E-state index is 13.9. The second kappa shape index (κ2) is 23.2. The highest BCUT2D eigenvalue weighted by Gasteiger charge is 2.76. The van der Waals surface area contributed by atoms with Gasteiger partial charge < -0.3 is 42.6 Å². The highest BCUT2D eigenvalue weighted by Crippen LogP contribution is 2.49. The van der Waals surface area contributed by atoms with Crippen LogP contribution in [0.2, 0.25) is 0 Å². The number of hydrogen-bond acceptors (Lipinski definition) is 10. The first-order chi connectivity index (χ1) is 24.4. The van der Waals surface area contributed by atoms with Crippen LogP contribution in [0.15, 0.2) is 0 Å². The molecule has 0 spiro atoms. The van der Waals surface area contributed by atoms with E-state index < -0.39 is 106 Å². The van der Waals surface area contributed by atoms with Crippen molar-refractivity contribution in [2.45, 2.75) is 54.5 Å². The van der Waals surface area contributed by atoms with Gasteiger partial charge in [0.05, 0.1) is 79.3 Å². The minimum absolute atomic E-state index is 0.0729. The topological polar surface area (TPSA) is 100 Å². The first-order valence-electron chi connectivity index (χ1n) is 14.8. The van der Waals surface area contributed by atoms with Gasteiger partial charge in [-0.05, 0) is 0 Å². The van der Waals surface area contributed by atoms with Crippen LogP contribution < -0.4 is 0 Å². The van der Waals surface area contributed by atoms with E-state index in [1.54, 1.807) is 0 Å².